The molecule has 2 nitrogen and oxygen atoms in total. The van der Waals surface area contributed by atoms with Gasteiger partial charge in [-0.1, -0.05) is 0 Å². The minimum atomic E-state index is 0. The van der Waals surface area contributed by atoms with Crippen LogP contribution < -0.4 is 5.32 Å². The van der Waals surface area contributed by atoms with Crippen molar-refractivity contribution < 1.29 is 25.2 Å². The summed E-state index contributed by atoms with van der Waals surface area (Å²) in [6.45, 7) is 3.42. The Kier molecular flexibility index (Phi) is 4.13. The van der Waals surface area contributed by atoms with Gasteiger partial charge in [-0.05, 0) is 6.54 Å². The Morgan fingerprint density at radius 1 is 1.67 bits per heavy atom. The first-order valence-electron chi connectivity index (χ1n) is 1.67. The summed E-state index contributed by atoms with van der Waals surface area (Å²) in [5.41, 5.74) is 0. The molecule has 1 N–H and O–H groups in total. The number of hydrogen-bond donors (Lipinski definition) is 1. The molecular formula is C3H6NORe-. The predicted octanol–water partition coefficient (Wildman–Crippen LogP) is -0.277. The molecule has 0 saturated carbocycles. The van der Waals surface area contributed by atoms with Crippen molar-refractivity contribution in [3.63, 3.8) is 0 Å². The van der Waals surface area contributed by atoms with Gasteiger partial charge in [-0.2, -0.15) is 6.73 Å². The van der Waals surface area contributed by atoms with Crippen molar-refractivity contribution in [2.75, 3.05) is 13.2 Å². The fourth-order valence-electron chi connectivity index (χ4n) is 0.295. The third-order valence-corrected chi connectivity index (χ3v) is 0.531. The van der Waals surface area contributed by atoms with Gasteiger partial charge in [0.05, 0.1) is 0 Å². The Morgan fingerprint density at radius 2 is 2.50 bits per heavy atom. The zero-order valence-electron chi connectivity index (χ0n) is 3.28. The average Bonchev–Trinajstić information content (AvgIpc) is 1.76. The first-order chi connectivity index (χ1) is 2.50. The molecule has 1 aliphatic heterocycles. The van der Waals surface area contributed by atoms with E-state index < -0.39 is 0 Å². The summed E-state index contributed by atoms with van der Waals surface area (Å²) in [5.74, 6) is 0. The summed E-state index contributed by atoms with van der Waals surface area (Å²) >= 11 is 0. The van der Waals surface area contributed by atoms with Crippen LogP contribution in [0.4, 0.5) is 0 Å². The topological polar surface area (TPSA) is 21.3 Å². The summed E-state index contributed by atoms with van der Waals surface area (Å²) in [6.07, 6.45) is 0. The molecule has 1 saturated heterocycles. The Morgan fingerprint density at radius 3 is 2.67 bits per heavy atom. The monoisotopic (exact) mass is 259 g/mol. The summed E-state index contributed by atoms with van der Waals surface area (Å²) in [5, 5.41) is 2.88. The van der Waals surface area contributed by atoms with Crippen LogP contribution in [0.15, 0.2) is 0 Å². The predicted molar refractivity (Wildman–Crippen MR) is 18.3 cm³/mol. The fraction of sp³-hybridized carbons (Fsp3) is 0.667. The SMILES string of the molecule is [CH-]1NCCO1.[Re]. The Labute approximate surface area is 50.9 Å². The van der Waals surface area contributed by atoms with E-state index in [1.54, 1.807) is 6.73 Å². The first-order valence-corrected chi connectivity index (χ1v) is 1.67. The largest absolute Gasteiger partial charge is 0.536 e. The van der Waals surface area contributed by atoms with Crippen LogP contribution in [0.3, 0.4) is 0 Å². The van der Waals surface area contributed by atoms with E-state index >= 15 is 0 Å². The molecule has 1 aliphatic rings. The van der Waals surface area contributed by atoms with Gasteiger partial charge in [0.25, 0.3) is 0 Å². The summed E-state index contributed by atoms with van der Waals surface area (Å²) in [6, 6.07) is 0. The molecule has 0 aromatic rings. The zero-order chi connectivity index (χ0) is 3.54. The first kappa shape index (κ1) is 6.58. The second-order valence-electron chi connectivity index (χ2n) is 0.943. The van der Waals surface area contributed by atoms with Gasteiger partial charge >= 0.3 is 0 Å². The van der Waals surface area contributed by atoms with Crippen molar-refractivity contribution in [2.45, 2.75) is 0 Å². The van der Waals surface area contributed by atoms with E-state index in [0.29, 0.717) is 0 Å². The molecule has 6 heavy (non-hydrogen) atoms. The van der Waals surface area contributed by atoms with E-state index in [9.17, 15) is 0 Å². The van der Waals surface area contributed by atoms with E-state index in [1.807, 2.05) is 0 Å². The fourth-order valence-corrected chi connectivity index (χ4v) is 0.295. The summed E-state index contributed by atoms with van der Waals surface area (Å²) in [7, 11) is 0. The van der Waals surface area contributed by atoms with Gasteiger partial charge in [0.2, 0.25) is 0 Å². The molecule has 0 atom stereocenters. The molecule has 0 bridgehead atoms. The van der Waals surface area contributed by atoms with Gasteiger partial charge in [-0.25, -0.2) is 0 Å². The smallest absolute Gasteiger partial charge is 0.0228 e. The maximum Gasteiger partial charge on any atom is 0.0228 e. The van der Waals surface area contributed by atoms with Crippen molar-refractivity contribution in [1.29, 1.82) is 0 Å². The number of ether oxygens (including phenoxy) is 1. The molecule has 0 spiro atoms. The van der Waals surface area contributed by atoms with Gasteiger partial charge in [0, 0.05) is 27.0 Å². The minimum Gasteiger partial charge on any atom is -0.536 e. The van der Waals surface area contributed by atoms with E-state index in [-0.39, 0.29) is 20.4 Å². The molecule has 1 rings (SSSR count). The Balaban J connectivity index is 0.000000250. The minimum absolute atomic E-state index is 0. The van der Waals surface area contributed by atoms with Crippen LogP contribution in [0.25, 0.3) is 0 Å². The van der Waals surface area contributed by atoms with E-state index in [4.69, 9.17) is 4.74 Å². The van der Waals surface area contributed by atoms with Gasteiger partial charge in [0.1, 0.15) is 0 Å². The Hall–Kier alpha value is 0.582. The van der Waals surface area contributed by atoms with Crippen molar-refractivity contribution in [2.24, 2.45) is 0 Å². The molecule has 0 aliphatic carbocycles. The van der Waals surface area contributed by atoms with Crippen molar-refractivity contribution in [1.82, 2.24) is 5.32 Å². The normalized spacial score (nSPS) is 20.0. The molecule has 0 aromatic heterocycles. The van der Waals surface area contributed by atoms with Crippen molar-refractivity contribution in [3.05, 3.63) is 6.73 Å². The molecule has 1 radical (unpaired) electrons. The standard InChI is InChI=1S/C3H6NO.Re/c1-2-5-3-4-1;/h3-4H,1-2H2;/q-1;. The average molecular weight is 258 g/mol. The molecule has 0 amide bonds. The van der Waals surface area contributed by atoms with Crippen LogP contribution in [0.1, 0.15) is 0 Å². The number of hydrogen-bond acceptors (Lipinski definition) is 2. The Bertz CT molecular complexity index is 22.4. The van der Waals surface area contributed by atoms with Crippen LogP contribution in [0.5, 0.6) is 0 Å². The van der Waals surface area contributed by atoms with Crippen LogP contribution in [0, 0.1) is 6.73 Å². The summed E-state index contributed by atoms with van der Waals surface area (Å²) < 4.78 is 4.71. The van der Waals surface area contributed by atoms with Gasteiger partial charge in [0.15, 0.2) is 0 Å². The van der Waals surface area contributed by atoms with Crippen LogP contribution in [-0.4, -0.2) is 13.2 Å². The molecule has 3 heteroatoms. The third-order valence-electron chi connectivity index (χ3n) is 0.531. The third kappa shape index (κ3) is 1.89. The van der Waals surface area contributed by atoms with Crippen LogP contribution in [-0.2, 0) is 25.2 Å². The number of rotatable bonds is 0. The molecular weight excluding hydrogens is 252 g/mol. The molecule has 0 unspecified atom stereocenters. The van der Waals surface area contributed by atoms with Crippen molar-refractivity contribution >= 4 is 0 Å². The van der Waals surface area contributed by atoms with Crippen LogP contribution >= 0.6 is 0 Å². The molecule has 0 aromatic carbocycles. The summed E-state index contributed by atoms with van der Waals surface area (Å²) in [4.78, 5) is 0. The molecule has 37 valence electrons. The zero-order valence-corrected chi connectivity index (χ0v) is 5.99. The van der Waals surface area contributed by atoms with E-state index in [2.05, 4.69) is 5.32 Å². The molecule has 1 heterocycles. The van der Waals surface area contributed by atoms with Gasteiger partial charge in [-0.15, -0.1) is 0 Å². The second-order valence-corrected chi connectivity index (χ2v) is 0.943. The second kappa shape index (κ2) is 3.76. The van der Waals surface area contributed by atoms with Crippen LogP contribution in [0.2, 0.25) is 0 Å². The maximum atomic E-state index is 4.71. The molecule has 1 fully saturated rings. The van der Waals surface area contributed by atoms with E-state index in [0.717, 1.165) is 13.2 Å². The maximum absolute atomic E-state index is 4.71. The van der Waals surface area contributed by atoms with Gasteiger partial charge < -0.3 is 10.1 Å². The van der Waals surface area contributed by atoms with Gasteiger partial charge in [-0.3, -0.25) is 0 Å². The quantitative estimate of drug-likeness (QED) is 0.604. The van der Waals surface area contributed by atoms with E-state index in [1.165, 1.54) is 0 Å². The number of nitrogens with one attached hydrogen (secondary N) is 1. The van der Waals surface area contributed by atoms with Crippen molar-refractivity contribution in [3.8, 4) is 0 Å².